The maximum Gasteiger partial charge on any atom is 0.132 e. The van der Waals surface area contributed by atoms with Gasteiger partial charge in [-0.1, -0.05) is 48.5 Å². The van der Waals surface area contributed by atoms with Crippen LogP contribution >= 0.6 is 0 Å². The van der Waals surface area contributed by atoms with Crippen molar-refractivity contribution in [3.8, 4) is 0 Å². The van der Waals surface area contributed by atoms with Gasteiger partial charge < -0.3 is 9.90 Å². The van der Waals surface area contributed by atoms with Crippen molar-refractivity contribution in [3.63, 3.8) is 0 Å². The zero-order valence-corrected chi connectivity index (χ0v) is 11.3. The summed E-state index contributed by atoms with van der Waals surface area (Å²) in [7, 11) is 4.48. The maximum absolute atomic E-state index is 8.25. The Morgan fingerprint density at radius 3 is 1.84 bits per heavy atom. The molecule has 0 amide bonds. The molecule has 0 fully saturated rings. The van der Waals surface area contributed by atoms with Gasteiger partial charge in [-0.3, -0.25) is 4.48 Å². The topological polar surface area (TPSA) is 40.1 Å². The minimum absolute atomic E-state index is 0.500. The number of quaternary nitrogens is 1. The molecule has 0 unspecified atom stereocenters. The third kappa shape index (κ3) is 4.94. The Labute approximate surface area is 114 Å². The molecule has 0 aromatic heterocycles. The molecule has 100 valence electrons. The van der Waals surface area contributed by atoms with Gasteiger partial charge in [0.25, 0.3) is 0 Å². The fourth-order valence-corrected chi connectivity index (χ4v) is 1.96. The molecule has 0 radical (unpaired) electrons. The number of carbonyl (C=O) groups is 1. The van der Waals surface area contributed by atoms with Crippen LogP contribution < -0.4 is 9.59 Å². The number of hydrogen-bond donors (Lipinski definition) is 0. The van der Waals surface area contributed by atoms with Crippen LogP contribution in [0, 0.1) is 0 Å². The summed E-state index contributed by atoms with van der Waals surface area (Å²) in [6.45, 7) is 0.519. The van der Waals surface area contributed by atoms with Gasteiger partial charge in [0.2, 0.25) is 0 Å². The van der Waals surface area contributed by atoms with E-state index in [4.69, 9.17) is 9.90 Å². The maximum atomic E-state index is 8.25. The number of benzene rings is 2. The summed E-state index contributed by atoms with van der Waals surface area (Å²) >= 11 is 0. The lowest BCUT2D eigenvalue weighted by Gasteiger charge is -2.29. The molecule has 0 spiro atoms. The molecule has 0 saturated carbocycles. The summed E-state index contributed by atoms with van der Waals surface area (Å²) in [4.78, 5) is 8.25. The van der Waals surface area contributed by atoms with Crippen LogP contribution in [-0.4, -0.2) is 20.6 Å². The molecule has 0 atom stereocenters. The van der Waals surface area contributed by atoms with E-state index in [1.807, 2.05) is 0 Å². The summed E-state index contributed by atoms with van der Waals surface area (Å²) in [5.41, 5.74) is 2.71. The molecular weight excluding hydrogens is 238 g/mol. The minimum atomic E-state index is -0.500. The number of nitrogens with zero attached hydrogens (tertiary/aromatic N) is 1. The van der Waals surface area contributed by atoms with Crippen molar-refractivity contribution in [2.45, 2.75) is 6.54 Å². The van der Waals surface area contributed by atoms with Gasteiger partial charge in [0.15, 0.2) is 0 Å². The van der Waals surface area contributed by atoms with Crippen LogP contribution in [0.1, 0.15) is 5.56 Å². The standard InChI is InChI=1S/C15H18N.CH2O2/c1-16(2,15-11-7-4-8-12-15)13-14-9-5-3-6-10-14;2-1-3/h3-12H,13H2,1-2H3;1H,(H,2,3)/q+1;/p-1. The summed E-state index contributed by atoms with van der Waals surface area (Å²) in [6.07, 6.45) is 0. The van der Waals surface area contributed by atoms with Crippen molar-refractivity contribution in [1.29, 1.82) is 0 Å². The van der Waals surface area contributed by atoms with E-state index in [0.29, 0.717) is 0 Å². The number of hydrogen-bond acceptors (Lipinski definition) is 2. The Kier molecular flexibility index (Phi) is 5.76. The van der Waals surface area contributed by atoms with E-state index in [1.54, 1.807) is 0 Å². The molecule has 0 aliphatic carbocycles. The average molecular weight is 257 g/mol. The van der Waals surface area contributed by atoms with Gasteiger partial charge in [-0.2, -0.15) is 0 Å². The first-order valence-corrected chi connectivity index (χ1v) is 6.08. The zero-order chi connectivity index (χ0) is 14.1. The molecule has 3 heteroatoms. The quantitative estimate of drug-likeness (QED) is 0.621. The van der Waals surface area contributed by atoms with E-state index in [-0.39, 0.29) is 0 Å². The van der Waals surface area contributed by atoms with E-state index in [2.05, 4.69) is 74.8 Å². The highest BCUT2D eigenvalue weighted by Crippen LogP contribution is 2.21. The summed E-state index contributed by atoms with van der Waals surface area (Å²) in [5.74, 6) is 0. The van der Waals surface area contributed by atoms with Gasteiger partial charge in [0.05, 0.1) is 14.1 Å². The smallest absolute Gasteiger partial charge is 0.132 e. The van der Waals surface area contributed by atoms with Crippen LogP contribution in [-0.2, 0) is 11.3 Å². The van der Waals surface area contributed by atoms with Crippen molar-refractivity contribution < 1.29 is 9.90 Å². The molecule has 0 bridgehead atoms. The normalized spacial score (nSPS) is 10.2. The summed E-state index contributed by atoms with van der Waals surface area (Å²) in [6, 6.07) is 21.2. The second-order valence-electron chi connectivity index (χ2n) is 4.76. The molecular formula is C16H19NO2. The summed E-state index contributed by atoms with van der Waals surface area (Å²) < 4.78 is 0.880. The molecule has 0 aliphatic rings. The lowest BCUT2D eigenvalue weighted by Crippen LogP contribution is -2.39. The Bertz CT molecular complexity index is 481. The first-order valence-electron chi connectivity index (χ1n) is 6.08. The van der Waals surface area contributed by atoms with Gasteiger partial charge in [-0.25, -0.2) is 0 Å². The number of carbonyl (C=O) groups excluding carboxylic acids is 1. The minimum Gasteiger partial charge on any atom is -0.554 e. The molecule has 0 heterocycles. The van der Waals surface area contributed by atoms with Crippen molar-refractivity contribution >= 4 is 12.2 Å². The van der Waals surface area contributed by atoms with E-state index in [1.165, 1.54) is 11.3 Å². The predicted octanol–water partition coefficient (Wildman–Crippen LogP) is 1.82. The predicted molar refractivity (Wildman–Crippen MR) is 76.3 cm³/mol. The largest absolute Gasteiger partial charge is 0.554 e. The lowest BCUT2D eigenvalue weighted by molar-refractivity contribution is -0.283. The molecule has 0 aliphatic heterocycles. The monoisotopic (exact) mass is 257 g/mol. The third-order valence-electron chi connectivity index (χ3n) is 2.88. The van der Waals surface area contributed by atoms with Gasteiger partial charge in [-0.05, 0) is 12.1 Å². The highest BCUT2D eigenvalue weighted by Gasteiger charge is 2.18. The van der Waals surface area contributed by atoms with Crippen molar-refractivity contribution in [3.05, 3.63) is 66.2 Å². The molecule has 2 rings (SSSR count). The Morgan fingerprint density at radius 1 is 0.947 bits per heavy atom. The molecule has 0 saturated heterocycles. The first kappa shape index (κ1) is 14.9. The Morgan fingerprint density at radius 2 is 1.37 bits per heavy atom. The fourth-order valence-electron chi connectivity index (χ4n) is 1.96. The third-order valence-corrected chi connectivity index (χ3v) is 2.88. The van der Waals surface area contributed by atoms with Crippen LogP contribution in [0.2, 0.25) is 0 Å². The molecule has 0 N–H and O–H groups in total. The fraction of sp³-hybridized carbons (Fsp3) is 0.188. The van der Waals surface area contributed by atoms with Crippen molar-refractivity contribution in [2.75, 3.05) is 14.1 Å². The van der Waals surface area contributed by atoms with E-state index >= 15 is 0 Å². The van der Waals surface area contributed by atoms with Crippen LogP contribution in [0.25, 0.3) is 0 Å². The van der Waals surface area contributed by atoms with Crippen molar-refractivity contribution in [1.82, 2.24) is 4.48 Å². The molecule has 2 aromatic rings. The molecule has 3 nitrogen and oxygen atoms in total. The van der Waals surface area contributed by atoms with Crippen LogP contribution in [0.4, 0.5) is 5.69 Å². The van der Waals surface area contributed by atoms with E-state index in [9.17, 15) is 0 Å². The van der Waals surface area contributed by atoms with Gasteiger partial charge in [0.1, 0.15) is 12.2 Å². The van der Waals surface area contributed by atoms with Crippen molar-refractivity contribution in [2.24, 2.45) is 0 Å². The van der Waals surface area contributed by atoms with Gasteiger partial charge >= 0.3 is 0 Å². The zero-order valence-electron chi connectivity index (χ0n) is 11.3. The van der Waals surface area contributed by atoms with E-state index in [0.717, 1.165) is 11.0 Å². The number of para-hydroxylation sites is 1. The summed E-state index contributed by atoms with van der Waals surface area (Å²) in [5, 5.41) is 8.25. The average Bonchev–Trinajstić information content (AvgIpc) is 2.41. The van der Waals surface area contributed by atoms with Crippen LogP contribution in [0.15, 0.2) is 60.7 Å². The molecule has 19 heavy (non-hydrogen) atoms. The number of carboxylic acid groups (broad SMARTS) is 1. The lowest BCUT2D eigenvalue weighted by atomic mass is 10.2. The Hall–Kier alpha value is -2.13. The second kappa shape index (κ2) is 7.34. The van der Waals surface area contributed by atoms with Crippen LogP contribution in [0.5, 0.6) is 0 Å². The second-order valence-corrected chi connectivity index (χ2v) is 4.76. The first-order chi connectivity index (χ1) is 9.10. The number of rotatable bonds is 3. The van der Waals surface area contributed by atoms with E-state index < -0.39 is 6.47 Å². The van der Waals surface area contributed by atoms with Crippen LogP contribution in [0.3, 0.4) is 0 Å². The highest BCUT2D eigenvalue weighted by atomic mass is 16.3. The Balaban J connectivity index is 0.000000550. The van der Waals surface area contributed by atoms with Gasteiger partial charge in [0, 0.05) is 12.0 Å². The molecule has 2 aromatic carbocycles. The SMILES string of the molecule is C[N+](C)(Cc1ccccc1)c1ccccc1.O=C[O-]. The van der Waals surface area contributed by atoms with Gasteiger partial charge in [-0.15, -0.1) is 0 Å². The highest BCUT2D eigenvalue weighted by molar-refractivity contribution is 5.41.